The van der Waals surface area contributed by atoms with Crippen molar-refractivity contribution in [1.82, 2.24) is 5.16 Å². The Kier molecular flexibility index (Phi) is 6.78. The predicted octanol–water partition coefficient (Wildman–Crippen LogP) is 6.90. The third-order valence-electron chi connectivity index (χ3n) is 6.51. The van der Waals surface area contributed by atoms with Crippen LogP contribution in [0.5, 0.6) is 5.75 Å². The minimum Gasteiger partial charge on any atom is -0.478 e. The number of aliphatic carboxylic acids is 1. The van der Waals surface area contributed by atoms with E-state index in [0.717, 1.165) is 17.7 Å². The average molecular weight is 535 g/mol. The number of aromatic nitrogens is 1. The van der Waals surface area contributed by atoms with Crippen molar-refractivity contribution in [3.8, 4) is 28.2 Å². The molecule has 0 aliphatic heterocycles. The third kappa shape index (κ3) is 5.31. The summed E-state index contributed by atoms with van der Waals surface area (Å²) in [6.07, 6.45) is -0.788. The van der Waals surface area contributed by atoms with Gasteiger partial charge in [0.15, 0.2) is 23.1 Å². The summed E-state index contributed by atoms with van der Waals surface area (Å²) in [6, 6.07) is 18.0. The van der Waals surface area contributed by atoms with Gasteiger partial charge in [-0.1, -0.05) is 59.8 Å². The Bertz CT molecular complexity index is 1510. The van der Waals surface area contributed by atoms with Crippen molar-refractivity contribution in [3.05, 3.63) is 89.6 Å². The SMILES string of the molecule is Cc1noc(-c2ccc(-c3cc(F)c(OC4(C(=O)O)CC4)c(F)c3)cc2)c1NC(=O)OC(C)c1ccccc1. The quantitative estimate of drug-likeness (QED) is 0.253. The molecule has 1 aliphatic rings. The fourth-order valence-corrected chi connectivity index (χ4v) is 4.10. The van der Waals surface area contributed by atoms with Crippen LogP contribution in [0.2, 0.25) is 0 Å². The summed E-state index contributed by atoms with van der Waals surface area (Å²) in [5.41, 5.74) is 1.32. The second kappa shape index (κ2) is 10.2. The largest absolute Gasteiger partial charge is 0.478 e. The van der Waals surface area contributed by atoms with Crippen LogP contribution in [0.1, 0.15) is 37.1 Å². The summed E-state index contributed by atoms with van der Waals surface area (Å²) < 4.78 is 45.5. The van der Waals surface area contributed by atoms with Crippen LogP contribution in [-0.4, -0.2) is 27.9 Å². The number of rotatable bonds is 8. The van der Waals surface area contributed by atoms with Crippen molar-refractivity contribution in [1.29, 1.82) is 0 Å². The Hall–Kier alpha value is -4.73. The second-order valence-corrected chi connectivity index (χ2v) is 9.30. The number of aryl methyl sites for hydroxylation is 1. The summed E-state index contributed by atoms with van der Waals surface area (Å²) in [5, 5.41) is 15.9. The molecule has 3 aromatic carbocycles. The van der Waals surface area contributed by atoms with E-state index in [4.69, 9.17) is 14.0 Å². The van der Waals surface area contributed by atoms with Gasteiger partial charge in [0.25, 0.3) is 0 Å². The molecule has 10 heteroatoms. The maximum absolute atomic E-state index is 14.7. The topological polar surface area (TPSA) is 111 Å². The van der Waals surface area contributed by atoms with E-state index in [1.807, 2.05) is 30.3 Å². The number of carbonyl (C=O) groups is 2. The molecule has 2 N–H and O–H groups in total. The second-order valence-electron chi connectivity index (χ2n) is 9.30. The number of carbonyl (C=O) groups excluding carboxylic acids is 1. The summed E-state index contributed by atoms with van der Waals surface area (Å²) in [7, 11) is 0. The molecule has 1 aliphatic carbocycles. The molecular formula is C29H24F2N2O6. The van der Waals surface area contributed by atoms with Gasteiger partial charge in [-0.3, -0.25) is 5.32 Å². The molecular weight excluding hydrogens is 510 g/mol. The number of hydrogen-bond donors (Lipinski definition) is 2. The van der Waals surface area contributed by atoms with Crippen LogP contribution in [-0.2, 0) is 9.53 Å². The Morgan fingerprint density at radius 1 is 1.00 bits per heavy atom. The van der Waals surface area contributed by atoms with E-state index in [1.165, 1.54) is 0 Å². The average Bonchev–Trinajstić information content (AvgIpc) is 3.64. The molecule has 1 heterocycles. The lowest BCUT2D eigenvalue weighted by molar-refractivity contribution is -0.147. The van der Waals surface area contributed by atoms with Crippen LogP contribution in [0.15, 0.2) is 71.3 Å². The van der Waals surface area contributed by atoms with Crippen LogP contribution >= 0.6 is 0 Å². The van der Waals surface area contributed by atoms with E-state index >= 15 is 0 Å². The molecule has 1 fully saturated rings. The molecule has 0 spiro atoms. The van der Waals surface area contributed by atoms with Crippen molar-refractivity contribution in [2.24, 2.45) is 0 Å². The number of nitrogens with one attached hydrogen (secondary N) is 1. The van der Waals surface area contributed by atoms with Crippen LogP contribution in [0.3, 0.4) is 0 Å². The van der Waals surface area contributed by atoms with E-state index in [2.05, 4.69) is 10.5 Å². The number of amides is 1. The number of nitrogens with zero attached hydrogens (tertiary/aromatic N) is 1. The van der Waals surface area contributed by atoms with Crippen molar-refractivity contribution in [3.63, 3.8) is 0 Å². The molecule has 1 amide bonds. The fraction of sp³-hybridized carbons (Fsp3) is 0.207. The van der Waals surface area contributed by atoms with Crippen LogP contribution in [0, 0.1) is 18.6 Å². The molecule has 0 bridgehead atoms. The van der Waals surface area contributed by atoms with Crippen molar-refractivity contribution >= 4 is 17.7 Å². The maximum atomic E-state index is 14.7. The lowest BCUT2D eigenvalue weighted by Crippen LogP contribution is -2.29. The van der Waals surface area contributed by atoms with Gasteiger partial charge < -0.3 is 19.1 Å². The first kappa shape index (κ1) is 25.9. The van der Waals surface area contributed by atoms with Gasteiger partial charge in [0.2, 0.25) is 5.60 Å². The first-order valence-electron chi connectivity index (χ1n) is 12.2. The zero-order valence-electron chi connectivity index (χ0n) is 21.0. The minimum absolute atomic E-state index is 0.187. The number of halogens is 2. The van der Waals surface area contributed by atoms with Crippen molar-refractivity contribution in [2.75, 3.05) is 5.32 Å². The van der Waals surface area contributed by atoms with Gasteiger partial charge in [-0.2, -0.15) is 0 Å². The molecule has 200 valence electrons. The zero-order valence-corrected chi connectivity index (χ0v) is 21.0. The Balaban J connectivity index is 1.32. The van der Waals surface area contributed by atoms with Crippen molar-refractivity contribution in [2.45, 2.75) is 38.4 Å². The van der Waals surface area contributed by atoms with Gasteiger partial charge in [0.05, 0.1) is 0 Å². The van der Waals surface area contributed by atoms with Crippen LogP contribution < -0.4 is 10.1 Å². The zero-order chi connectivity index (χ0) is 27.7. The normalized spacial score (nSPS) is 14.4. The highest BCUT2D eigenvalue weighted by Gasteiger charge is 2.54. The summed E-state index contributed by atoms with van der Waals surface area (Å²) >= 11 is 0. The highest BCUT2D eigenvalue weighted by Crippen LogP contribution is 2.43. The summed E-state index contributed by atoms with van der Waals surface area (Å²) in [4.78, 5) is 23.9. The molecule has 4 aromatic rings. The number of carboxylic acid groups (broad SMARTS) is 1. The van der Waals surface area contributed by atoms with E-state index in [9.17, 15) is 23.5 Å². The van der Waals surface area contributed by atoms with Gasteiger partial charge in [-0.25, -0.2) is 18.4 Å². The molecule has 39 heavy (non-hydrogen) atoms. The monoisotopic (exact) mass is 534 g/mol. The Morgan fingerprint density at radius 2 is 1.62 bits per heavy atom. The maximum Gasteiger partial charge on any atom is 0.412 e. The fourth-order valence-electron chi connectivity index (χ4n) is 4.10. The smallest absolute Gasteiger partial charge is 0.412 e. The van der Waals surface area contributed by atoms with E-state index < -0.39 is 41.2 Å². The van der Waals surface area contributed by atoms with Gasteiger partial charge in [0, 0.05) is 18.4 Å². The highest BCUT2D eigenvalue weighted by molar-refractivity contribution is 5.91. The van der Waals surface area contributed by atoms with E-state index in [0.29, 0.717) is 22.5 Å². The first-order valence-corrected chi connectivity index (χ1v) is 12.2. The Morgan fingerprint density at radius 3 is 2.21 bits per heavy atom. The molecule has 1 aromatic heterocycles. The first-order chi connectivity index (χ1) is 18.7. The Labute approximate surface area is 222 Å². The lowest BCUT2D eigenvalue weighted by Gasteiger charge is -2.15. The highest BCUT2D eigenvalue weighted by atomic mass is 19.1. The molecule has 8 nitrogen and oxygen atoms in total. The number of ether oxygens (including phenoxy) is 2. The molecule has 1 saturated carbocycles. The summed E-state index contributed by atoms with van der Waals surface area (Å²) in [6.45, 7) is 3.43. The molecule has 1 unspecified atom stereocenters. The summed E-state index contributed by atoms with van der Waals surface area (Å²) in [5.74, 6) is -3.68. The van der Waals surface area contributed by atoms with Gasteiger partial charge in [0.1, 0.15) is 17.5 Å². The third-order valence-corrected chi connectivity index (χ3v) is 6.51. The number of carboxylic acids is 1. The van der Waals surface area contributed by atoms with E-state index in [1.54, 1.807) is 38.1 Å². The van der Waals surface area contributed by atoms with E-state index in [-0.39, 0.29) is 24.2 Å². The molecule has 0 radical (unpaired) electrons. The van der Waals surface area contributed by atoms with Crippen LogP contribution in [0.4, 0.5) is 19.3 Å². The predicted molar refractivity (Wildman–Crippen MR) is 137 cm³/mol. The van der Waals surface area contributed by atoms with Gasteiger partial charge in [-0.05, 0) is 42.7 Å². The standard InChI is InChI=1S/C29H24F2N2O6/c1-16-24(32-28(36)37-17(2)18-6-4-3-5-7-18)25(39-33-16)20-10-8-19(9-11-20)21-14-22(30)26(23(31)15-21)38-29(12-13-29)27(34)35/h3-11,14-15,17H,12-13H2,1-2H3,(H,32,36)(H,34,35). The van der Waals surface area contributed by atoms with Gasteiger partial charge in [-0.15, -0.1) is 0 Å². The minimum atomic E-state index is -1.57. The number of anilines is 1. The lowest BCUT2D eigenvalue weighted by atomic mass is 10.0. The molecule has 1 atom stereocenters. The van der Waals surface area contributed by atoms with Gasteiger partial charge >= 0.3 is 12.1 Å². The molecule has 5 rings (SSSR count). The molecule has 0 saturated heterocycles. The number of benzene rings is 3. The van der Waals surface area contributed by atoms with Crippen molar-refractivity contribution < 1.29 is 37.5 Å². The number of hydrogen-bond acceptors (Lipinski definition) is 6. The van der Waals surface area contributed by atoms with Crippen LogP contribution in [0.25, 0.3) is 22.5 Å².